The quantitative estimate of drug-likeness (QED) is 0.498. The number of fused-ring (bicyclic) bond motifs is 1. The second-order valence-corrected chi connectivity index (χ2v) is 11.0. The lowest BCUT2D eigenvalue weighted by Gasteiger charge is -2.49. The summed E-state index contributed by atoms with van der Waals surface area (Å²) >= 11 is 0. The van der Waals surface area contributed by atoms with E-state index in [2.05, 4.69) is 34.6 Å². The lowest BCUT2D eigenvalue weighted by atomic mass is 9.57. The first-order valence-electron chi connectivity index (χ1n) is 12.2. The van der Waals surface area contributed by atoms with Crippen molar-refractivity contribution in [3.05, 3.63) is 29.3 Å². The number of aliphatic hydroxyl groups excluding tert-OH is 1. The molecule has 2 nitrogen and oxygen atoms in total. The van der Waals surface area contributed by atoms with Gasteiger partial charge in [-0.05, 0) is 104 Å². The predicted octanol–water partition coefficient (Wildman–Crippen LogP) is 6.90. The zero-order chi connectivity index (χ0) is 21.2. The number of aliphatic hydroxyl groups is 1. The maximum atomic E-state index is 10.9. The molecule has 0 amide bonds. The molecule has 0 radical (unpaired) electrons. The zero-order valence-corrected chi connectivity index (χ0v) is 19.5. The fourth-order valence-electron chi connectivity index (χ4n) is 6.94. The van der Waals surface area contributed by atoms with Gasteiger partial charge in [-0.15, -0.1) is 0 Å². The van der Waals surface area contributed by atoms with E-state index in [0.717, 1.165) is 37.0 Å². The summed E-state index contributed by atoms with van der Waals surface area (Å²) in [7, 11) is 0. The smallest absolute Gasteiger partial charge is 0.115 e. The van der Waals surface area contributed by atoms with E-state index in [1.165, 1.54) is 49.7 Å². The van der Waals surface area contributed by atoms with Crippen molar-refractivity contribution in [1.29, 1.82) is 0 Å². The molecule has 2 aliphatic carbocycles. The summed E-state index contributed by atoms with van der Waals surface area (Å²) in [5, 5.41) is 20.8. The monoisotopic (exact) mass is 400 g/mol. The zero-order valence-electron chi connectivity index (χ0n) is 19.5. The molecule has 2 heteroatoms. The van der Waals surface area contributed by atoms with E-state index < -0.39 is 0 Å². The van der Waals surface area contributed by atoms with E-state index in [-0.39, 0.29) is 6.10 Å². The van der Waals surface area contributed by atoms with Crippen LogP contribution < -0.4 is 0 Å². The van der Waals surface area contributed by atoms with Gasteiger partial charge < -0.3 is 10.2 Å². The first-order valence-corrected chi connectivity index (χ1v) is 12.2. The van der Waals surface area contributed by atoms with Crippen molar-refractivity contribution < 1.29 is 10.2 Å². The fourth-order valence-corrected chi connectivity index (χ4v) is 6.94. The Morgan fingerprint density at radius 3 is 2.59 bits per heavy atom. The van der Waals surface area contributed by atoms with Gasteiger partial charge in [-0.25, -0.2) is 0 Å². The van der Waals surface area contributed by atoms with Crippen LogP contribution in [0, 0.1) is 41.9 Å². The van der Waals surface area contributed by atoms with Gasteiger partial charge in [0.05, 0.1) is 6.10 Å². The molecular weight excluding hydrogens is 356 g/mol. The van der Waals surface area contributed by atoms with Gasteiger partial charge in [0.2, 0.25) is 0 Å². The Kier molecular flexibility index (Phi) is 7.36. The van der Waals surface area contributed by atoms with Crippen LogP contribution in [-0.4, -0.2) is 16.3 Å². The molecule has 1 unspecified atom stereocenters. The van der Waals surface area contributed by atoms with E-state index in [9.17, 15) is 10.2 Å². The van der Waals surface area contributed by atoms with Crippen LogP contribution in [0.25, 0.3) is 0 Å². The molecule has 29 heavy (non-hydrogen) atoms. The molecular formula is C27H44O2. The molecule has 1 aromatic carbocycles. The first-order chi connectivity index (χ1) is 13.7. The number of aromatic hydroxyl groups is 1. The van der Waals surface area contributed by atoms with Gasteiger partial charge in [-0.2, -0.15) is 0 Å². The first kappa shape index (κ1) is 22.7. The van der Waals surface area contributed by atoms with Crippen molar-refractivity contribution in [2.75, 3.05) is 0 Å². The summed E-state index contributed by atoms with van der Waals surface area (Å²) in [6.07, 6.45) is 10.7. The van der Waals surface area contributed by atoms with E-state index >= 15 is 0 Å². The minimum absolute atomic E-state index is 0.152. The van der Waals surface area contributed by atoms with E-state index in [4.69, 9.17) is 0 Å². The molecule has 2 fully saturated rings. The Hall–Kier alpha value is -1.02. The van der Waals surface area contributed by atoms with Crippen LogP contribution in [0.2, 0.25) is 0 Å². The van der Waals surface area contributed by atoms with Crippen molar-refractivity contribution in [1.82, 2.24) is 0 Å². The number of phenols is 1. The third-order valence-electron chi connectivity index (χ3n) is 8.68. The molecule has 0 spiro atoms. The summed E-state index contributed by atoms with van der Waals surface area (Å²) in [5.74, 6) is 3.84. The molecule has 0 heterocycles. The molecule has 0 saturated heterocycles. The van der Waals surface area contributed by atoms with E-state index in [1.54, 1.807) is 6.07 Å². The molecule has 1 aromatic rings. The topological polar surface area (TPSA) is 40.5 Å². The molecule has 6 atom stereocenters. The molecule has 0 aliphatic heterocycles. The summed E-state index contributed by atoms with van der Waals surface area (Å²) < 4.78 is 0. The Morgan fingerprint density at radius 2 is 1.86 bits per heavy atom. The van der Waals surface area contributed by atoms with Gasteiger partial charge in [0.1, 0.15) is 5.75 Å². The van der Waals surface area contributed by atoms with Crippen LogP contribution in [-0.2, 0) is 6.42 Å². The number of phenolic OH excluding ortho intramolecular Hbond substituents is 1. The standard InChI is InChI=1S/C27H44O2/c1-18(2)7-6-8-20(4)24-13-14-25-23(26(29)15-16-27(24,25)5)12-10-21-17-22(28)11-9-19(21)3/h9,11,17-18,20,23-26,28-29H,6-8,10,12-16H2,1-5H3/t20-,23?,24-,25+,26-,27-/m1/s1. The van der Waals surface area contributed by atoms with Crippen molar-refractivity contribution in [2.24, 2.45) is 35.0 Å². The number of aryl methyl sites for hydroxylation is 2. The molecule has 0 bridgehead atoms. The van der Waals surface area contributed by atoms with Crippen LogP contribution in [0.3, 0.4) is 0 Å². The second-order valence-electron chi connectivity index (χ2n) is 11.0. The SMILES string of the molecule is Cc1ccc(O)cc1CCC1[C@H](O)CC[C@]2(C)[C@@H]([C@H](C)CCCC(C)C)CC[C@@H]12. The van der Waals surface area contributed by atoms with Crippen molar-refractivity contribution in [3.8, 4) is 5.75 Å². The highest BCUT2D eigenvalue weighted by atomic mass is 16.3. The van der Waals surface area contributed by atoms with Crippen LogP contribution in [0.4, 0.5) is 0 Å². The Bertz CT molecular complexity index is 667. The van der Waals surface area contributed by atoms with Gasteiger partial charge in [0.15, 0.2) is 0 Å². The Labute approximate surface area is 179 Å². The lowest BCUT2D eigenvalue weighted by Crippen LogP contribution is -2.45. The summed E-state index contributed by atoms with van der Waals surface area (Å²) in [5.41, 5.74) is 2.88. The molecule has 164 valence electrons. The molecule has 0 aromatic heterocycles. The van der Waals surface area contributed by atoms with Gasteiger partial charge >= 0.3 is 0 Å². The van der Waals surface area contributed by atoms with Crippen molar-refractivity contribution in [2.45, 2.75) is 98.5 Å². The predicted molar refractivity (Wildman–Crippen MR) is 122 cm³/mol. The molecule has 2 aliphatic rings. The average Bonchev–Trinajstić information content (AvgIpc) is 3.01. The second kappa shape index (κ2) is 9.41. The largest absolute Gasteiger partial charge is 0.508 e. The van der Waals surface area contributed by atoms with Crippen LogP contribution >= 0.6 is 0 Å². The number of benzene rings is 1. The highest BCUT2D eigenvalue weighted by Crippen LogP contribution is 2.60. The van der Waals surface area contributed by atoms with Gasteiger partial charge in [0.25, 0.3) is 0 Å². The third-order valence-corrected chi connectivity index (χ3v) is 8.68. The highest BCUT2D eigenvalue weighted by Gasteiger charge is 2.54. The van der Waals surface area contributed by atoms with Crippen molar-refractivity contribution >= 4 is 0 Å². The minimum Gasteiger partial charge on any atom is -0.508 e. The average molecular weight is 401 g/mol. The van der Waals surface area contributed by atoms with E-state index in [0.29, 0.717) is 23.0 Å². The fraction of sp³-hybridized carbons (Fsp3) is 0.778. The summed E-state index contributed by atoms with van der Waals surface area (Å²) in [6.45, 7) is 11.8. The number of hydrogen-bond donors (Lipinski definition) is 2. The van der Waals surface area contributed by atoms with Crippen LogP contribution in [0.5, 0.6) is 5.75 Å². The molecule has 3 rings (SSSR count). The lowest BCUT2D eigenvalue weighted by molar-refractivity contribution is -0.0529. The summed E-state index contributed by atoms with van der Waals surface area (Å²) in [6, 6.07) is 5.70. The van der Waals surface area contributed by atoms with Gasteiger partial charge in [0, 0.05) is 0 Å². The van der Waals surface area contributed by atoms with Crippen LogP contribution in [0.15, 0.2) is 18.2 Å². The third kappa shape index (κ3) is 5.01. The van der Waals surface area contributed by atoms with Gasteiger partial charge in [-0.1, -0.05) is 53.0 Å². The Balaban J connectivity index is 1.67. The van der Waals surface area contributed by atoms with Crippen LogP contribution in [0.1, 0.15) is 90.2 Å². The highest BCUT2D eigenvalue weighted by molar-refractivity contribution is 5.34. The normalized spacial score (nSPS) is 33.1. The van der Waals surface area contributed by atoms with Crippen molar-refractivity contribution in [3.63, 3.8) is 0 Å². The maximum Gasteiger partial charge on any atom is 0.115 e. The molecule has 2 saturated carbocycles. The van der Waals surface area contributed by atoms with Gasteiger partial charge in [-0.3, -0.25) is 0 Å². The number of rotatable bonds is 8. The molecule has 2 N–H and O–H groups in total. The number of hydrogen-bond acceptors (Lipinski definition) is 2. The Morgan fingerprint density at radius 1 is 1.10 bits per heavy atom. The summed E-state index contributed by atoms with van der Waals surface area (Å²) in [4.78, 5) is 0. The van der Waals surface area contributed by atoms with E-state index in [1.807, 2.05) is 12.1 Å². The minimum atomic E-state index is -0.152. The maximum absolute atomic E-state index is 10.9.